The van der Waals surface area contributed by atoms with Crippen molar-refractivity contribution in [2.45, 2.75) is 46.0 Å². The maximum atomic E-state index is 12.8. The van der Waals surface area contributed by atoms with Crippen molar-refractivity contribution in [3.8, 4) is 0 Å². The lowest BCUT2D eigenvalue weighted by Gasteiger charge is -2.34. The van der Waals surface area contributed by atoms with Crippen LogP contribution in [0.25, 0.3) is 0 Å². The number of hydrogen-bond acceptors (Lipinski definition) is 2. The van der Waals surface area contributed by atoms with Gasteiger partial charge in [-0.15, -0.1) is 0 Å². The molecule has 0 spiro atoms. The molecule has 1 heterocycles. The molecule has 3 heteroatoms. The summed E-state index contributed by atoms with van der Waals surface area (Å²) in [5, 5.41) is 0. The Kier molecular flexibility index (Phi) is 5.17. The predicted molar refractivity (Wildman–Crippen MR) is 96.0 cm³/mol. The van der Waals surface area contributed by atoms with Crippen LogP contribution in [0.4, 0.5) is 0 Å². The van der Waals surface area contributed by atoms with Crippen molar-refractivity contribution in [1.29, 1.82) is 0 Å². The van der Waals surface area contributed by atoms with Gasteiger partial charge in [0.2, 0.25) is 5.91 Å². The molecule has 128 valence electrons. The van der Waals surface area contributed by atoms with Crippen molar-refractivity contribution < 1.29 is 9.59 Å². The lowest BCUT2D eigenvalue weighted by Crippen LogP contribution is -2.43. The van der Waals surface area contributed by atoms with Gasteiger partial charge < -0.3 is 4.90 Å². The molecule has 0 radical (unpaired) electrons. The summed E-state index contributed by atoms with van der Waals surface area (Å²) in [5.41, 5.74) is 3.10. The first-order valence-electron chi connectivity index (χ1n) is 9.11. The van der Waals surface area contributed by atoms with Crippen molar-refractivity contribution in [2.75, 3.05) is 13.1 Å². The van der Waals surface area contributed by atoms with Gasteiger partial charge in [-0.25, -0.2) is 0 Å². The molecule has 0 saturated carbocycles. The maximum Gasteiger partial charge on any atom is 0.226 e. The number of Topliss-reactive ketones (excluding diaryl/α,β-unsaturated/α-hetero) is 1. The molecule has 1 aromatic rings. The summed E-state index contributed by atoms with van der Waals surface area (Å²) in [6.45, 7) is 5.50. The van der Waals surface area contributed by atoms with Crippen LogP contribution in [0.3, 0.4) is 0 Å². The Hall–Kier alpha value is -1.90. The minimum absolute atomic E-state index is 0.0571. The summed E-state index contributed by atoms with van der Waals surface area (Å²) in [7, 11) is 0. The highest BCUT2D eigenvalue weighted by Crippen LogP contribution is 2.27. The van der Waals surface area contributed by atoms with Gasteiger partial charge >= 0.3 is 0 Å². The number of nitrogens with zero attached hydrogens (tertiary/aromatic N) is 1. The fraction of sp³-hybridized carbons (Fsp3) is 0.524. The molecule has 0 N–H and O–H groups in total. The van der Waals surface area contributed by atoms with Crippen LogP contribution in [0.15, 0.2) is 30.4 Å². The highest BCUT2D eigenvalue weighted by Gasteiger charge is 2.31. The van der Waals surface area contributed by atoms with Gasteiger partial charge in [-0.05, 0) is 51.5 Å². The number of aryl methyl sites for hydroxylation is 2. The zero-order valence-corrected chi connectivity index (χ0v) is 14.8. The van der Waals surface area contributed by atoms with E-state index in [0.717, 1.165) is 56.3 Å². The highest BCUT2D eigenvalue weighted by atomic mass is 16.2. The van der Waals surface area contributed by atoms with Crippen LogP contribution in [0, 0.1) is 25.7 Å². The van der Waals surface area contributed by atoms with Gasteiger partial charge in [0.15, 0.2) is 5.78 Å². The number of ketones is 1. The van der Waals surface area contributed by atoms with Crippen LogP contribution in [-0.2, 0) is 4.79 Å². The van der Waals surface area contributed by atoms with E-state index in [4.69, 9.17) is 0 Å². The standard InChI is InChI=1S/C21H27NO2/c1-15-8-9-19(16(2)14-15)20(23)17-10-12-22(13-11-17)21(24)18-6-4-3-5-7-18/h3-4,8-9,14,17-18H,5-7,10-13H2,1-2H3. The fourth-order valence-electron chi connectivity index (χ4n) is 3.95. The molecule has 2 aliphatic rings. The van der Waals surface area contributed by atoms with E-state index < -0.39 is 0 Å². The number of likely N-dealkylation sites (tertiary alicyclic amines) is 1. The van der Waals surface area contributed by atoms with Crippen LogP contribution < -0.4 is 0 Å². The van der Waals surface area contributed by atoms with Crippen molar-refractivity contribution in [3.05, 3.63) is 47.0 Å². The second kappa shape index (κ2) is 7.33. The predicted octanol–water partition coefficient (Wildman–Crippen LogP) is 4.08. The van der Waals surface area contributed by atoms with E-state index in [2.05, 4.69) is 18.2 Å². The minimum atomic E-state index is 0.0571. The summed E-state index contributed by atoms with van der Waals surface area (Å²) in [6, 6.07) is 6.04. The van der Waals surface area contributed by atoms with Gasteiger partial charge in [0.1, 0.15) is 0 Å². The van der Waals surface area contributed by atoms with E-state index in [0.29, 0.717) is 0 Å². The Bertz CT molecular complexity index is 654. The summed E-state index contributed by atoms with van der Waals surface area (Å²) < 4.78 is 0. The van der Waals surface area contributed by atoms with Crippen molar-refractivity contribution in [1.82, 2.24) is 4.90 Å². The first-order valence-corrected chi connectivity index (χ1v) is 9.11. The topological polar surface area (TPSA) is 37.4 Å². The van der Waals surface area contributed by atoms with Crippen molar-refractivity contribution in [3.63, 3.8) is 0 Å². The van der Waals surface area contributed by atoms with E-state index in [-0.39, 0.29) is 23.5 Å². The third kappa shape index (κ3) is 3.61. The normalized spacial score (nSPS) is 21.8. The first kappa shape index (κ1) is 16.9. The zero-order valence-electron chi connectivity index (χ0n) is 14.8. The van der Waals surface area contributed by atoms with Crippen molar-refractivity contribution >= 4 is 11.7 Å². The minimum Gasteiger partial charge on any atom is -0.342 e. The van der Waals surface area contributed by atoms with E-state index in [9.17, 15) is 9.59 Å². The average Bonchev–Trinajstić information content (AvgIpc) is 2.61. The molecule has 1 fully saturated rings. The molecule has 24 heavy (non-hydrogen) atoms. The molecule has 1 saturated heterocycles. The number of hydrogen-bond donors (Lipinski definition) is 0. The molecule has 1 atom stereocenters. The van der Waals surface area contributed by atoms with Crippen LogP contribution in [0.5, 0.6) is 0 Å². The van der Waals surface area contributed by atoms with E-state index in [1.165, 1.54) is 5.56 Å². The molecule has 0 bridgehead atoms. The molecule has 3 nitrogen and oxygen atoms in total. The van der Waals surface area contributed by atoms with Crippen LogP contribution in [0.2, 0.25) is 0 Å². The lowest BCUT2D eigenvalue weighted by atomic mass is 9.86. The molecule has 3 rings (SSSR count). The molecule has 0 aromatic heterocycles. The maximum absolute atomic E-state index is 12.8. The average molecular weight is 325 g/mol. The summed E-state index contributed by atoms with van der Waals surface area (Å²) >= 11 is 0. The monoisotopic (exact) mass is 325 g/mol. The summed E-state index contributed by atoms with van der Waals surface area (Å²) in [5.74, 6) is 0.750. The SMILES string of the molecule is Cc1ccc(C(=O)C2CCN(C(=O)C3CC=CCC3)CC2)c(C)c1. The summed E-state index contributed by atoms with van der Waals surface area (Å²) in [6.07, 6.45) is 8.73. The number of benzene rings is 1. The second-order valence-electron chi connectivity index (χ2n) is 7.26. The molecule has 1 unspecified atom stereocenters. The second-order valence-corrected chi connectivity index (χ2v) is 7.26. The van der Waals surface area contributed by atoms with E-state index >= 15 is 0 Å². The Morgan fingerprint density at radius 3 is 2.38 bits per heavy atom. The van der Waals surface area contributed by atoms with E-state index in [1.807, 2.05) is 30.9 Å². The number of piperidine rings is 1. The molecule has 1 amide bonds. The number of rotatable bonds is 3. The van der Waals surface area contributed by atoms with Gasteiger partial charge in [-0.3, -0.25) is 9.59 Å². The molecule has 1 aliphatic heterocycles. The third-order valence-corrected chi connectivity index (χ3v) is 5.44. The van der Waals surface area contributed by atoms with Crippen molar-refractivity contribution in [2.24, 2.45) is 11.8 Å². The zero-order chi connectivity index (χ0) is 17.1. The highest BCUT2D eigenvalue weighted by molar-refractivity contribution is 5.99. The van der Waals surface area contributed by atoms with Gasteiger partial charge in [0.05, 0.1) is 0 Å². The summed E-state index contributed by atoms with van der Waals surface area (Å²) in [4.78, 5) is 27.4. The number of carbonyl (C=O) groups excluding carboxylic acids is 2. The van der Waals surface area contributed by atoms with Gasteiger partial charge in [-0.1, -0.05) is 35.9 Å². The third-order valence-electron chi connectivity index (χ3n) is 5.44. The molecular formula is C21H27NO2. The van der Waals surface area contributed by atoms with Gasteiger partial charge in [-0.2, -0.15) is 0 Å². The largest absolute Gasteiger partial charge is 0.342 e. The smallest absolute Gasteiger partial charge is 0.226 e. The van der Waals surface area contributed by atoms with Gasteiger partial charge in [0.25, 0.3) is 0 Å². The van der Waals surface area contributed by atoms with Crippen LogP contribution in [0.1, 0.15) is 53.6 Å². The number of allylic oxidation sites excluding steroid dienone is 2. The Morgan fingerprint density at radius 2 is 1.75 bits per heavy atom. The fourth-order valence-corrected chi connectivity index (χ4v) is 3.95. The molecule has 1 aromatic carbocycles. The lowest BCUT2D eigenvalue weighted by molar-refractivity contribution is -0.137. The molecular weight excluding hydrogens is 298 g/mol. The molecule has 1 aliphatic carbocycles. The van der Waals surface area contributed by atoms with Crippen LogP contribution >= 0.6 is 0 Å². The quantitative estimate of drug-likeness (QED) is 0.620. The van der Waals surface area contributed by atoms with Crippen LogP contribution in [-0.4, -0.2) is 29.7 Å². The Balaban J connectivity index is 1.59. The van der Waals surface area contributed by atoms with Gasteiger partial charge in [0, 0.05) is 30.5 Å². The number of amides is 1. The Labute approximate surface area is 144 Å². The first-order chi connectivity index (χ1) is 11.6. The Morgan fingerprint density at radius 1 is 1.00 bits per heavy atom. The number of carbonyl (C=O) groups is 2. The van der Waals surface area contributed by atoms with E-state index in [1.54, 1.807) is 0 Å².